The van der Waals surface area contributed by atoms with Gasteiger partial charge in [0, 0.05) is 9.79 Å². The molecule has 2 aromatic carbocycles. The first-order valence-corrected chi connectivity index (χ1v) is 6.44. The number of methoxy groups -OCH3 is 1. The van der Waals surface area contributed by atoms with Crippen LogP contribution in [0, 0.1) is 0 Å². The van der Waals surface area contributed by atoms with Gasteiger partial charge in [0.15, 0.2) is 0 Å². The first-order valence-electron chi connectivity index (χ1n) is 5.62. The highest BCUT2D eigenvalue weighted by atomic mass is 32.2. The van der Waals surface area contributed by atoms with Crippen molar-refractivity contribution >= 4 is 11.8 Å². The minimum Gasteiger partial charge on any atom is -0.508 e. The number of ether oxygens (including phenoxy) is 1. The van der Waals surface area contributed by atoms with Crippen molar-refractivity contribution in [3.05, 3.63) is 48.0 Å². The summed E-state index contributed by atoms with van der Waals surface area (Å²) in [7, 11) is 1.21. The SMILES string of the molecule is COc1ccc(Sc2ccc(O)cc2)cc1C(F)(F)F. The Morgan fingerprint density at radius 2 is 1.60 bits per heavy atom. The van der Waals surface area contributed by atoms with Crippen molar-refractivity contribution in [3.8, 4) is 11.5 Å². The molecule has 0 bridgehead atoms. The van der Waals surface area contributed by atoms with Crippen molar-refractivity contribution in [2.45, 2.75) is 16.0 Å². The van der Waals surface area contributed by atoms with E-state index in [0.29, 0.717) is 4.90 Å². The predicted molar refractivity (Wildman–Crippen MR) is 70.2 cm³/mol. The molecule has 0 aliphatic rings. The maximum Gasteiger partial charge on any atom is 0.420 e. The average molecular weight is 300 g/mol. The van der Waals surface area contributed by atoms with Crippen LogP contribution in [0.3, 0.4) is 0 Å². The Kier molecular flexibility index (Phi) is 4.13. The fraction of sp³-hybridized carbons (Fsp3) is 0.143. The molecule has 6 heteroatoms. The number of alkyl halides is 3. The molecule has 0 aliphatic heterocycles. The molecule has 1 N–H and O–H groups in total. The number of rotatable bonds is 3. The first-order chi connectivity index (χ1) is 9.40. The molecule has 0 unspecified atom stereocenters. The number of hydrogen-bond donors (Lipinski definition) is 1. The lowest BCUT2D eigenvalue weighted by Gasteiger charge is -2.13. The zero-order chi connectivity index (χ0) is 14.8. The van der Waals surface area contributed by atoms with Gasteiger partial charge in [-0.05, 0) is 42.5 Å². The van der Waals surface area contributed by atoms with E-state index in [1.165, 1.54) is 37.1 Å². The van der Waals surface area contributed by atoms with Gasteiger partial charge in [0.05, 0.1) is 12.7 Å². The standard InChI is InChI=1S/C14H11F3O2S/c1-19-13-7-6-11(8-12(13)14(15,16)17)20-10-4-2-9(18)3-5-10/h2-8,18H,1H3. The second kappa shape index (κ2) is 5.66. The largest absolute Gasteiger partial charge is 0.508 e. The molecule has 0 aliphatic carbocycles. The fourth-order valence-corrected chi connectivity index (χ4v) is 2.48. The number of aromatic hydroxyl groups is 1. The van der Waals surface area contributed by atoms with Gasteiger partial charge < -0.3 is 9.84 Å². The summed E-state index contributed by atoms with van der Waals surface area (Å²) >= 11 is 1.18. The highest BCUT2D eigenvalue weighted by Crippen LogP contribution is 2.39. The van der Waals surface area contributed by atoms with Gasteiger partial charge in [-0.3, -0.25) is 0 Å². The van der Waals surface area contributed by atoms with Crippen molar-refractivity contribution in [1.82, 2.24) is 0 Å². The Hall–Kier alpha value is -1.82. The number of halogens is 3. The molecule has 0 heterocycles. The molecule has 106 valence electrons. The van der Waals surface area contributed by atoms with Crippen LogP contribution < -0.4 is 4.74 Å². The lowest BCUT2D eigenvalue weighted by atomic mass is 10.2. The number of phenolic OH excluding ortho intramolecular Hbond substituents is 1. The van der Waals surface area contributed by atoms with E-state index in [1.54, 1.807) is 18.2 Å². The Bertz CT molecular complexity index is 594. The van der Waals surface area contributed by atoms with Gasteiger partial charge in [-0.2, -0.15) is 13.2 Å². The molecule has 0 atom stereocenters. The summed E-state index contributed by atoms with van der Waals surface area (Å²) in [6.07, 6.45) is -4.46. The first kappa shape index (κ1) is 14.6. The summed E-state index contributed by atoms with van der Waals surface area (Å²) in [6.45, 7) is 0. The van der Waals surface area contributed by atoms with Crippen molar-refractivity contribution in [2.75, 3.05) is 7.11 Å². The maximum absolute atomic E-state index is 12.9. The zero-order valence-electron chi connectivity index (χ0n) is 10.4. The molecular weight excluding hydrogens is 289 g/mol. The van der Waals surface area contributed by atoms with Crippen LogP contribution in [0.2, 0.25) is 0 Å². The topological polar surface area (TPSA) is 29.5 Å². The van der Waals surface area contributed by atoms with E-state index in [2.05, 4.69) is 0 Å². The van der Waals surface area contributed by atoms with E-state index in [0.717, 1.165) is 11.0 Å². The second-order valence-corrected chi connectivity index (χ2v) is 5.10. The van der Waals surface area contributed by atoms with Crippen LogP contribution >= 0.6 is 11.8 Å². The highest BCUT2D eigenvalue weighted by Gasteiger charge is 2.34. The quantitative estimate of drug-likeness (QED) is 0.900. The smallest absolute Gasteiger partial charge is 0.420 e. The van der Waals surface area contributed by atoms with Crippen LogP contribution in [0.5, 0.6) is 11.5 Å². The summed E-state index contributed by atoms with van der Waals surface area (Å²) in [5, 5.41) is 9.17. The average Bonchev–Trinajstić information content (AvgIpc) is 2.40. The molecule has 0 fully saturated rings. The molecule has 2 rings (SSSR count). The molecule has 0 radical (unpaired) electrons. The Balaban J connectivity index is 2.31. The monoisotopic (exact) mass is 300 g/mol. The van der Waals surface area contributed by atoms with E-state index in [-0.39, 0.29) is 11.5 Å². The minimum atomic E-state index is -4.46. The van der Waals surface area contributed by atoms with E-state index in [1.807, 2.05) is 0 Å². The summed E-state index contributed by atoms with van der Waals surface area (Å²) in [6, 6.07) is 10.1. The second-order valence-electron chi connectivity index (χ2n) is 3.96. The maximum atomic E-state index is 12.9. The van der Waals surface area contributed by atoms with Crippen LogP contribution in [0.15, 0.2) is 52.3 Å². The van der Waals surface area contributed by atoms with Crippen LogP contribution in [0.4, 0.5) is 13.2 Å². The fourth-order valence-electron chi connectivity index (χ4n) is 1.62. The van der Waals surface area contributed by atoms with Gasteiger partial charge >= 0.3 is 6.18 Å². The van der Waals surface area contributed by atoms with Crippen LogP contribution in [0.1, 0.15) is 5.56 Å². The van der Waals surface area contributed by atoms with Crippen LogP contribution in [-0.2, 0) is 6.18 Å². The third-order valence-corrected chi connectivity index (χ3v) is 3.55. The summed E-state index contributed by atoms with van der Waals surface area (Å²) in [4.78, 5) is 1.19. The van der Waals surface area contributed by atoms with E-state index in [9.17, 15) is 13.2 Å². The minimum absolute atomic E-state index is 0.111. The van der Waals surface area contributed by atoms with Gasteiger partial charge in [-0.15, -0.1) is 0 Å². The Morgan fingerprint density at radius 1 is 1.00 bits per heavy atom. The molecule has 0 amide bonds. The normalized spacial score (nSPS) is 11.4. The molecular formula is C14H11F3O2S. The predicted octanol–water partition coefficient (Wildman–Crippen LogP) is 4.57. The third kappa shape index (κ3) is 3.39. The van der Waals surface area contributed by atoms with Crippen LogP contribution in [0.25, 0.3) is 0 Å². The van der Waals surface area contributed by atoms with Crippen molar-refractivity contribution in [2.24, 2.45) is 0 Å². The molecule has 0 aromatic heterocycles. The molecule has 2 nitrogen and oxygen atoms in total. The van der Waals surface area contributed by atoms with E-state index < -0.39 is 11.7 Å². The highest BCUT2D eigenvalue weighted by molar-refractivity contribution is 7.99. The Labute approximate surface area is 118 Å². The molecule has 0 saturated heterocycles. The molecule has 0 spiro atoms. The van der Waals surface area contributed by atoms with Crippen molar-refractivity contribution in [3.63, 3.8) is 0 Å². The van der Waals surface area contributed by atoms with Crippen molar-refractivity contribution in [1.29, 1.82) is 0 Å². The van der Waals surface area contributed by atoms with Crippen molar-refractivity contribution < 1.29 is 23.0 Å². The Morgan fingerprint density at radius 3 is 2.15 bits per heavy atom. The van der Waals surface area contributed by atoms with E-state index in [4.69, 9.17) is 9.84 Å². The van der Waals surface area contributed by atoms with Gasteiger partial charge in [0.25, 0.3) is 0 Å². The van der Waals surface area contributed by atoms with Gasteiger partial charge in [-0.25, -0.2) is 0 Å². The molecule has 20 heavy (non-hydrogen) atoms. The van der Waals surface area contributed by atoms with Gasteiger partial charge in [-0.1, -0.05) is 11.8 Å². The van der Waals surface area contributed by atoms with Gasteiger partial charge in [0.2, 0.25) is 0 Å². The van der Waals surface area contributed by atoms with Crippen LogP contribution in [-0.4, -0.2) is 12.2 Å². The number of hydrogen-bond acceptors (Lipinski definition) is 3. The summed E-state index contributed by atoms with van der Waals surface area (Å²) in [5.41, 5.74) is -0.802. The lowest BCUT2D eigenvalue weighted by molar-refractivity contribution is -0.138. The molecule has 0 saturated carbocycles. The summed E-state index contributed by atoms with van der Waals surface area (Å²) in [5.74, 6) is -0.0902. The van der Waals surface area contributed by atoms with Gasteiger partial charge in [0.1, 0.15) is 11.5 Å². The summed E-state index contributed by atoms with van der Waals surface area (Å²) < 4.78 is 43.4. The number of phenols is 1. The van der Waals surface area contributed by atoms with E-state index >= 15 is 0 Å². The lowest BCUT2D eigenvalue weighted by Crippen LogP contribution is -2.07. The molecule has 2 aromatic rings. The third-order valence-electron chi connectivity index (χ3n) is 2.55. The number of benzene rings is 2. The zero-order valence-corrected chi connectivity index (χ0v) is 11.3.